The molecule has 272 valence electrons. The number of nitrogens with one attached hydrogen (secondary N) is 1. The van der Waals surface area contributed by atoms with Gasteiger partial charge in [0, 0.05) is 56.0 Å². The normalized spacial score (nSPS) is 19.0. The Hall–Kier alpha value is -4.30. The number of carbonyl (C=O) groups excluding carboxylic acids is 1. The minimum absolute atomic E-state index is 0.202. The quantitative estimate of drug-likeness (QED) is 0.168. The molecule has 3 heterocycles. The van der Waals surface area contributed by atoms with Gasteiger partial charge in [-0.2, -0.15) is 13.2 Å². The molecule has 0 bridgehead atoms. The molecular weight excluding hydrogens is 681 g/mol. The van der Waals surface area contributed by atoms with Gasteiger partial charge in [-0.1, -0.05) is 60.7 Å². The summed E-state index contributed by atoms with van der Waals surface area (Å²) in [7, 11) is 0. The summed E-state index contributed by atoms with van der Waals surface area (Å²) in [4.78, 5) is 33.6. The topological polar surface area (TPSA) is 85.8 Å². The number of aliphatic carboxylic acids is 1. The first kappa shape index (κ1) is 36.5. The lowest BCUT2D eigenvalue weighted by Gasteiger charge is -2.41. The average Bonchev–Trinajstić information content (AvgIpc) is 3.08. The van der Waals surface area contributed by atoms with Crippen LogP contribution in [0.5, 0.6) is 0 Å². The molecule has 2 fully saturated rings. The Morgan fingerprint density at radius 2 is 1.39 bits per heavy atom. The smallest absolute Gasteiger partial charge is 0.403 e. The third kappa shape index (κ3) is 7.67. The molecule has 14 heteroatoms. The van der Waals surface area contributed by atoms with Crippen LogP contribution in [0.2, 0.25) is 0 Å². The van der Waals surface area contributed by atoms with Crippen molar-refractivity contribution in [3.63, 3.8) is 0 Å². The van der Waals surface area contributed by atoms with Gasteiger partial charge in [0.25, 0.3) is 12.3 Å². The molecule has 0 saturated carbocycles. The number of nitrogens with zero attached hydrogens (tertiary/aromatic N) is 3. The van der Waals surface area contributed by atoms with Crippen LogP contribution in [-0.4, -0.2) is 89.1 Å². The van der Waals surface area contributed by atoms with Gasteiger partial charge in [0.1, 0.15) is 11.5 Å². The van der Waals surface area contributed by atoms with Crippen LogP contribution >= 0.6 is 0 Å². The van der Waals surface area contributed by atoms with Crippen LogP contribution in [0.4, 0.5) is 30.7 Å². The molecule has 3 aromatic carbocycles. The molecule has 0 spiro atoms. The number of hydrogen-bond donors (Lipinski definition) is 2. The number of halogens is 7. The van der Waals surface area contributed by atoms with Crippen molar-refractivity contribution >= 4 is 33.4 Å². The van der Waals surface area contributed by atoms with Crippen LogP contribution < -0.4 is 5.32 Å². The van der Waals surface area contributed by atoms with Crippen molar-refractivity contribution in [3.05, 3.63) is 78.0 Å². The number of piperidine rings is 2. The zero-order valence-corrected chi connectivity index (χ0v) is 27.5. The number of rotatable bonds is 10. The third-order valence-corrected chi connectivity index (χ3v) is 10.2. The zero-order chi connectivity index (χ0) is 36.6. The largest absolute Gasteiger partial charge is 0.480 e. The highest BCUT2D eigenvalue weighted by Gasteiger charge is 2.61. The minimum atomic E-state index is -5.03. The number of fused-ring (bicyclic) bond motifs is 2. The Morgan fingerprint density at radius 3 is 2.04 bits per heavy atom. The van der Waals surface area contributed by atoms with E-state index in [0.717, 1.165) is 26.8 Å². The lowest BCUT2D eigenvalue weighted by Crippen LogP contribution is -2.59. The van der Waals surface area contributed by atoms with Gasteiger partial charge in [0.2, 0.25) is 5.91 Å². The number of aromatic nitrogens is 1. The van der Waals surface area contributed by atoms with E-state index < -0.39 is 61.2 Å². The van der Waals surface area contributed by atoms with Gasteiger partial charge in [-0.15, -0.1) is 0 Å². The molecule has 2 aliphatic heterocycles. The number of carboxylic acid groups (broad SMARTS) is 1. The summed E-state index contributed by atoms with van der Waals surface area (Å²) in [6.07, 6.45) is -8.31. The maximum atomic E-state index is 14.4. The molecule has 1 amide bonds. The van der Waals surface area contributed by atoms with Crippen molar-refractivity contribution < 1.29 is 45.4 Å². The number of carbonyl (C=O) groups is 2. The Balaban J connectivity index is 1.28. The van der Waals surface area contributed by atoms with Gasteiger partial charge in [0.05, 0.1) is 12.2 Å². The van der Waals surface area contributed by atoms with Gasteiger partial charge >= 0.3 is 12.1 Å². The lowest BCUT2D eigenvalue weighted by molar-refractivity contribution is -0.233. The van der Waals surface area contributed by atoms with Gasteiger partial charge in [-0.05, 0) is 53.2 Å². The first-order valence-corrected chi connectivity index (χ1v) is 16.8. The monoisotopic (exact) mass is 718 g/mol. The Bertz CT molecular complexity index is 1900. The fraction of sp³-hybridized carbons (Fsp3) is 0.432. The van der Waals surface area contributed by atoms with Crippen molar-refractivity contribution in [2.75, 3.05) is 32.7 Å². The molecule has 1 aromatic heterocycles. The van der Waals surface area contributed by atoms with Gasteiger partial charge in [0.15, 0.2) is 0 Å². The SMILES string of the molecule is O=C(O)[C@H](Cc1cccc2c(-c3ncc(CN4CCC(F)(F)CC4)c4ccccc34)cccc12)NC(=O)C1(C(F)(F)F)CCN(CC(F)F)CC1. The summed E-state index contributed by atoms with van der Waals surface area (Å²) in [6.45, 7) is -0.498. The second kappa shape index (κ2) is 14.4. The molecule has 4 aromatic rings. The molecule has 2 aliphatic rings. The van der Waals surface area contributed by atoms with Gasteiger partial charge < -0.3 is 10.4 Å². The summed E-state index contributed by atoms with van der Waals surface area (Å²) in [6, 6.07) is 16.5. The van der Waals surface area contributed by atoms with E-state index in [0.29, 0.717) is 28.6 Å². The van der Waals surface area contributed by atoms with Crippen LogP contribution in [-0.2, 0) is 22.6 Å². The van der Waals surface area contributed by atoms with E-state index in [-0.39, 0.29) is 45.4 Å². The second-order valence-corrected chi connectivity index (χ2v) is 13.5. The number of benzene rings is 3. The first-order valence-electron chi connectivity index (χ1n) is 16.8. The molecule has 0 radical (unpaired) electrons. The molecule has 6 rings (SSSR count). The molecule has 2 N–H and O–H groups in total. The predicted octanol–water partition coefficient (Wildman–Crippen LogP) is 7.31. The second-order valence-electron chi connectivity index (χ2n) is 13.5. The molecule has 0 aliphatic carbocycles. The van der Waals surface area contributed by atoms with E-state index in [2.05, 4.69) is 5.32 Å². The highest BCUT2D eigenvalue weighted by molar-refractivity contribution is 6.05. The van der Waals surface area contributed by atoms with E-state index in [4.69, 9.17) is 4.98 Å². The summed E-state index contributed by atoms with van der Waals surface area (Å²) in [5, 5.41) is 15.2. The van der Waals surface area contributed by atoms with Crippen LogP contribution in [0, 0.1) is 5.41 Å². The molecule has 51 heavy (non-hydrogen) atoms. The van der Waals surface area contributed by atoms with E-state index >= 15 is 0 Å². The fourth-order valence-electron chi connectivity index (χ4n) is 7.30. The highest BCUT2D eigenvalue weighted by atomic mass is 19.4. The van der Waals surface area contributed by atoms with E-state index in [1.54, 1.807) is 30.5 Å². The molecule has 1 atom stereocenters. The molecule has 2 saturated heterocycles. The fourth-order valence-corrected chi connectivity index (χ4v) is 7.30. The van der Waals surface area contributed by atoms with Crippen LogP contribution in [0.1, 0.15) is 36.8 Å². The number of carboxylic acids is 1. The Labute approximate surface area is 289 Å². The summed E-state index contributed by atoms with van der Waals surface area (Å²) in [5.74, 6) is -5.67. The van der Waals surface area contributed by atoms with Crippen molar-refractivity contribution in [2.24, 2.45) is 5.41 Å². The van der Waals surface area contributed by atoms with E-state index in [9.17, 15) is 45.4 Å². The number of amides is 1. The molecule has 7 nitrogen and oxygen atoms in total. The Morgan fingerprint density at radius 1 is 0.804 bits per heavy atom. The van der Waals surface area contributed by atoms with Crippen LogP contribution in [0.3, 0.4) is 0 Å². The number of hydrogen-bond acceptors (Lipinski definition) is 5. The van der Waals surface area contributed by atoms with Crippen molar-refractivity contribution in [2.45, 2.75) is 63.2 Å². The molecule has 0 unspecified atom stereocenters. The standard InChI is InChI=1S/C37H37F7N4O3/c38-31(39)22-48-15-11-35(12-16-48,37(42,43)44)34(51)46-30(33(49)50)19-23-5-3-9-27-25(23)8-4-10-29(27)32-28-7-2-1-6-26(28)24(20-45-32)21-47-17-13-36(40,41)14-18-47/h1-10,20,30-31H,11-19,21-22H2,(H,46,51)(H,49,50)/t30-/m0/s1. The number of pyridine rings is 1. The summed E-state index contributed by atoms with van der Waals surface area (Å²) >= 11 is 0. The van der Waals surface area contributed by atoms with E-state index in [1.165, 1.54) is 0 Å². The maximum absolute atomic E-state index is 14.4. The summed E-state index contributed by atoms with van der Waals surface area (Å²) in [5.41, 5.74) is -0.203. The highest BCUT2D eigenvalue weighted by Crippen LogP contribution is 2.47. The molecular formula is C37H37F7N4O3. The van der Waals surface area contributed by atoms with Crippen LogP contribution in [0.25, 0.3) is 32.8 Å². The average molecular weight is 719 g/mol. The zero-order valence-electron chi connectivity index (χ0n) is 27.5. The predicted molar refractivity (Wildman–Crippen MR) is 178 cm³/mol. The Kier molecular flexibility index (Phi) is 10.3. The van der Waals surface area contributed by atoms with Crippen LogP contribution in [0.15, 0.2) is 66.9 Å². The maximum Gasteiger partial charge on any atom is 0.403 e. The summed E-state index contributed by atoms with van der Waals surface area (Å²) < 4.78 is 96.4. The van der Waals surface area contributed by atoms with E-state index in [1.807, 2.05) is 41.3 Å². The lowest BCUT2D eigenvalue weighted by atomic mass is 9.76. The van der Waals surface area contributed by atoms with Crippen molar-refractivity contribution in [1.29, 1.82) is 0 Å². The van der Waals surface area contributed by atoms with Gasteiger partial charge in [-0.3, -0.25) is 19.6 Å². The van der Waals surface area contributed by atoms with Crippen molar-refractivity contribution in [3.8, 4) is 11.3 Å². The number of alkyl halides is 7. The van der Waals surface area contributed by atoms with Gasteiger partial charge in [-0.25, -0.2) is 22.4 Å². The number of likely N-dealkylation sites (tertiary alicyclic amines) is 2. The minimum Gasteiger partial charge on any atom is -0.480 e. The third-order valence-electron chi connectivity index (χ3n) is 10.2. The first-order chi connectivity index (χ1) is 24.2. The van der Waals surface area contributed by atoms with Crippen molar-refractivity contribution in [1.82, 2.24) is 20.1 Å².